The molecule has 5 nitrogen and oxygen atoms in total. The monoisotopic (exact) mass is 364 g/mol. The zero-order valence-corrected chi connectivity index (χ0v) is 15.1. The summed E-state index contributed by atoms with van der Waals surface area (Å²) in [6.07, 6.45) is 2.03. The van der Waals surface area contributed by atoms with Gasteiger partial charge in [-0.05, 0) is 36.6 Å². The van der Waals surface area contributed by atoms with Gasteiger partial charge in [-0.2, -0.15) is 0 Å². The molecule has 0 radical (unpaired) electrons. The van der Waals surface area contributed by atoms with Gasteiger partial charge in [-0.25, -0.2) is 14.4 Å². The normalized spacial score (nSPS) is 10.4. The Morgan fingerprint density at radius 2 is 1.96 bits per heavy atom. The quantitative estimate of drug-likeness (QED) is 0.673. The molecule has 0 saturated heterocycles. The molecule has 1 heterocycles. The van der Waals surface area contributed by atoms with Crippen molar-refractivity contribution in [1.82, 2.24) is 15.3 Å². The van der Waals surface area contributed by atoms with Gasteiger partial charge in [0.2, 0.25) is 5.95 Å². The van der Waals surface area contributed by atoms with Gasteiger partial charge in [-0.15, -0.1) is 0 Å². The molecule has 0 aliphatic rings. The molecule has 27 heavy (non-hydrogen) atoms. The summed E-state index contributed by atoms with van der Waals surface area (Å²) in [5.74, 6) is -0.157. The summed E-state index contributed by atoms with van der Waals surface area (Å²) in [6.45, 7) is 2.91. The lowest BCUT2D eigenvalue weighted by Crippen LogP contribution is -2.24. The van der Waals surface area contributed by atoms with Crippen molar-refractivity contribution in [2.24, 2.45) is 0 Å². The number of carbonyl (C=O) groups excluding carboxylic acids is 1. The summed E-state index contributed by atoms with van der Waals surface area (Å²) in [5, 5.41) is 5.88. The molecular weight excluding hydrogens is 343 g/mol. The fourth-order valence-corrected chi connectivity index (χ4v) is 2.68. The minimum atomic E-state index is -0.268. The van der Waals surface area contributed by atoms with Crippen molar-refractivity contribution in [3.05, 3.63) is 89.0 Å². The number of rotatable bonds is 7. The van der Waals surface area contributed by atoms with Crippen molar-refractivity contribution in [3.63, 3.8) is 0 Å². The van der Waals surface area contributed by atoms with Crippen LogP contribution < -0.4 is 10.6 Å². The summed E-state index contributed by atoms with van der Waals surface area (Å²) >= 11 is 0. The largest absolute Gasteiger partial charge is 0.354 e. The van der Waals surface area contributed by atoms with E-state index in [-0.39, 0.29) is 17.4 Å². The van der Waals surface area contributed by atoms with E-state index in [1.165, 1.54) is 12.3 Å². The lowest BCUT2D eigenvalue weighted by Gasteiger charge is -2.08. The van der Waals surface area contributed by atoms with Crippen LogP contribution in [0.4, 0.5) is 10.3 Å². The Morgan fingerprint density at radius 3 is 2.78 bits per heavy atom. The van der Waals surface area contributed by atoms with Gasteiger partial charge < -0.3 is 10.6 Å². The third kappa shape index (κ3) is 5.34. The standard InChI is InChI=1S/C21H21FN4O/c1-15-5-4-6-16(13-15)14-25-20(27)19-10-12-24-21(26-19)23-11-9-17-7-2-3-8-18(17)22/h2-8,10,12-13H,9,11,14H2,1H3,(H,25,27)(H,23,24,26). The molecule has 0 atom stereocenters. The number of aromatic nitrogens is 2. The van der Waals surface area contributed by atoms with E-state index < -0.39 is 0 Å². The molecule has 3 rings (SSSR count). The van der Waals surface area contributed by atoms with Crippen LogP contribution in [0, 0.1) is 12.7 Å². The maximum absolute atomic E-state index is 13.6. The summed E-state index contributed by atoms with van der Waals surface area (Å²) < 4.78 is 13.6. The van der Waals surface area contributed by atoms with Gasteiger partial charge in [-0.1, -0.05) is 48.0 Å². The highest BCUT2D eigenvalue weighted by Gasteiger charge is 2.09. The summed E-state index contributed by atoms with van der Waals surface area (Å²) in [4.78, 5) is 20.7. The maximum atomic E-state index is 13.6. The fraction of sp³-hybridized carbons (Fsp3) is 0.190. The van der Waals surface area contributed by atoms with E-state index in [2.05, 4.69) is 20.6 Å². The van der Waals surface area contributed by atoms with Crippen molar-refractivity contribution in [3.8, 4) is 0 Å². The molecule has 138 valence electrons. The number of nitrogens with one attached hydrogen (secondary N) is 2. The van der Waals surface area contributed by atoms with Gasteiger partial charge in [-0.3, -0.25) is 4.79 Å². The number of nitrogens with zero attached hydrogens (tertiary/aromatic N) is 2. The molecular formula is C21H21FN4O. The third-order valence-corrected chi connectivity index (χ3v) is 4.06. The zero-order valence-electron chi connectivity index (χ0n) is 15.1. The van der Waals surface area contributed by atoms with E-state index in [1.807, 2.05) is 31.2 Å². The molecule has 0 saturated carbocycles. The Kier molecular flexibility index (Phi) is 6.10. The Morgan fingerprint density at radius 1 is 1.11 bits per heavy atom. The van der Waals surface area contributed by atoms with E-state index in [0.29, 0.717) is 31.0 Å². The van der Waals surface area contributed by atoms with Gasteiger partial charge in [0.15, 0.2) is 0 Å². The molecule has 6 heteroatoms. The van der Waals surface area contributed by atoms with Gasteiger partial charge in [0.1, 0.15) is 11.5 Å². The summed E-state index contributed by atoms with van der Waals surface area (Å²) in [5.41, 5.74) is 3.08. The number of halogens is 1. The Hall–Kier alpha value is -3.28. The topological polar surface area (TPSA) is 66.9 Å². The first-order valence-electron chi connectivity index (χ1n) is 8.76. The number of hydrogen-bond donors (Lipinski definition) is 2. The van der Waals surface area contributed by atoms with Crippen LogP contribution in [0.1, 0.15) is 27.2 Å². The van der Waals surface area contributed by atoms with Gasteiger partial charge in [0.05, 0.1) is 0 Å². The van der Waals surface area contributed by atoms with Gasteiger partial charge >= 0.3 is 0 Å². The van der Waals surface area contributed by atoms with Crippen molar-refractivity contribution in [2.75, 3.05) is 11.9 Å². The number of hydrogen-bond acceptors (Lipinski definition) is 4. The predicted molar refractivity (Wildman–Crippen MR) is 103 cm³/mol. The molecule has 2 aromatic carbocycles. The average Bonchev–Trinajstić information content (AvgIpc) is 2.68. The minimum Gasteiger partial charge on any atom is -0.354 e. The maximum Gasteiger partial charge on any atom is 0.270 e. The highest BCUT2D eigenvalue weighted by Crippen LogP contribution is 2.08. The molecule has 3 aromatic rings. The first kappa shape index (κ1) is 18.5. The summed E-state index contributed by atoms with van der Waals surface area (Å²) in [7, 11) is 0. The Labute approximate surface area is 157 Å². The number of aryl methyl sites for hydroxylation is 1. The van der Waals surface area contributed by atoms with E-state index in [0.717, 1.165) is 11.1 Å². The van der Waals surface area contributed by atoms with Crippen LogP contribution in [0.5, 0.6) is 0 Å². The summed E-state index contributed by atoms with van der Waals surface area (Å²) in [6, 6.07) is 16.2. The Bertz CT molecular complexity index is 929. The highest BCUT2D eigenvalue weighted by atomic mass is 19.1. The third-order valence-electron chi connectivity index (χ3n) is 4.06. The smallest absolute Gasteiger partial charge is 0.270 e. The molecule has 0 spiro atoms. The second-order valence-electron chi connectivity index (χ2n) is 6.21. The SMILES string of the molecule is Cc1cccc(CNC(=O)c2ccnc(NCCc3ccccc3F)n2)c1. The van der Waals surface area contributed by atoms with E-state index in [4.69, 9.17) is 0 Å². The first-order valence-corrected chi connectivity index (χ1v) is 8.76. The van der Waals surface area contributed by atoms with E-state index >= 15 is 0 Å². The zero-order chi connectivity index (χ0) is 19.1. The predicted octanol–water partition coefficient (Wildman–Crippen LogP) is 3.51. The van der Waals surface area contributed by atoms with Crippen LogP contribution >= 0.6 is 0 Å². The molecule has 0 aliphatic carbocycles. The first-order chi connectivity index (χ1) is 13.1. The number of amides is 1. The molecule has 0 unspecified atom stereocenters. The van der Waals surface area contributed by atoms with Gasteiger partial charge in [0, 0.05) is 19.3 Å². The molecule has 0 aliphatic heterocycles. The average molecular weight is 364 g/mol. The molecule has 0 fully saturated rings. The van der Waals surface area contributed by atoms with Crippen LogP contribution in [-0.2, 0) is 13.0 Å². The number of benzene rings is 2. The minimum absolute atomic E-state index is 0.232. The molecule has 2 N–H and O–H groups in total. The van der Waals surface area contributed by atoms with E-state index in [9.17, 15) is 9.18 Å². The van der Waals surface area contributed by atoms with Crippen LogP contribution in [0.25, 0.3) is 0 Å². The van der Waals surface area contributed by atoms with E-state index in [1.54, 1.807) is 24.3 Å². The van der Waals surface area contributed by atoms with Crippen LogP contribution in [-0.4, -0.2) is 22.4 Å². The second kappa shape index (κ2) is 8.89. The van der Waals surface area contributed by atoms with Crippen molar-refractivity contribution in [1.29, 1.82) is 0 Å². The van der Waals surface area contributed by atoms with Gasteiger partial charge in [0.25, 0.3) is 5.91 Å². The Balaban J connectivity index is 1.54. The van der Waals surface area contributed by atoms with Crippen molar-refractivity contribution < 1.29 is 9.18 Å². The highest BCUT2D eigenvalue weighted by molar-refractivity contribution is 5.92. The molecule has 1 aromatic heterocycles. The van der Waals surface area contributed by atoms with Crippen molar-refractivity contribution >= 4 is 11.9 Å². The van der Waals surface area contributed by atoms with Crippen LogP contribution in [0.3, 0.4) is 0 Å². The number of anilines is 1. The molecule has 1 amide bonds. The van der Waals surface area contributed by atoms with Crippen molar-refractivity contribution in [2.45, 2.75) is 19.9 Å². The van der Waals surface area contributed by atoms with Crippen LogP contribution in [0.15, 0.2) is 60.8 Å². The fourth-order valence-electron chi connectivity index (χ4n) is 2.68. The lowest BCUT2D eigenvalue weighted by molar-refractivity contribution is 0.0946. The lowest BCUT2D eigenvalue weighted by atomic mass is 10.1. The molecule has 0 bridgehead atoms. The second-order valence-corrected chi connectivity index (χ2v) is 6.21. The van der Waals surface area contributed by atoms with Crippen LogP contribution in [0.2, 0.25) is 0 Å². The number of carbonyl (C=O) groups is 1.